The van der Waals surface area contributed by atoms with E-state index in [1.54, 1.807) is 0 Å². The summed E-state index contributed by atoms with van der Waals surface area (Å²) < 4.78 is 8.56. The Kier molecular flexibility index (Phi) is 4.70. The molecular formula is C25H29N2O+. The van der Waals surface area contributed by atoms with Crippen molar-refractivity contribution in [3.63, 3.8) is 0 Å². The maximum atomic E-state index is 6.34. The standard InChI is InChI=1S/C25H29N2O/c1-7-19-9-11-21-20-10-8-16(4)23(24(20)28-25(21)26-19)22-13-18(12-15(2)3)17(5)14-27(22)6/h8-11,13-15H,7,12H2,1-6H3/q+1. The van der Waals surface area contributed by atoms with Gasteiger partial charge in [0.1, 0.15) is 7.05 Å². The fourth-order valence-electron chi connectivity index (χ4n) is 4.10. The maximum absolute atomic E-state index is 6.34. The van der Waals surface area contributed by atoms with Crippen LogP contribution in [0.2, 0.25) is 0 Å². The molecule has 144 valence electrons. The minimum absolute atomic E-state index is 0.624. The van der Waals surface area contributed by atoms with Crippen molar-refractivity contribution in [1.82, 2.24) is 4.98 Å². The van der Waals surface area contributed by atoms with E-state index in [1.165, 1.54) is 27.9 Å². The number of hydrogen-bond acceptors (Lipinski definition) is 2. The summed E-state index contributed by atoms with van der Waals surface area (Å²) in [6, 6.07) is 10.9. The Bertz CT molecular complexity index is 1180. The number of aryl methyl sites for hydroxylation is 4. The molecule has 0 bridgehead atoms. The summed E-state index contributed by atoms with van der Waals surface area (Å²) in [7, 11) is 2.12. The topological polar surface area (TPSA) is 29.9 Å². The quantitative estimate of drug-likeness (QED) is 0.420. The van der Waals surface area contributed by atoms with Gasteiger partial charge in [0.15, 0.2) is 11.8 Å². The molecule has 3 heterocycles. The third kappa shape index (κ3) is 3.09. The second-order valence-corrected chi connectivity index (χ2v) is 8.32. The van der Waals surface area contributed by atoms with Gasteiger partial charge in [0.05, 0.1) is 5.56 Å². The molecule has 0 amide bonds. The van der Waals surface area contributed by atoms with Crippen LogP contribution in [0, 0.1) is 19.8 Å². The van der Waals surface area contributed by atoms with Crippen LogP contribution >= 0.6 is 0 Å². The van der Waals surface area contributed by atoms with Crippen molar-refractivity contribution >= 4 is 22.1 Å². The van der Waals surface area contributed by atoms with Gasteiger partial charge >= 0.3 is 0 Å². The van der Waals surface area contributed by atoms with Gasteiger partial charge in [-0.2, -0.15) is 0 Å². The molecule has 3 nitrogen and oxygen atoms in total. The zero-order valence-corrected chi connectivity index (χ0v) is 17.8. The van der Waals surface area contributed by atoms with E-state index < -0.39 is 0 Å². The Labute approximate surface area is 167 Å². The predicted molar refractivity (Wildman–Crippen MR) is 116 cm³/mol. The van der Waals surface area contributed by atoms with Gasteiger partial charge in [-0.1, -0.05) is 32.9 Å². The molecule has 1 aromatic carbocycles. The van der Waals surface area contributed by atoms with E-state index in [9.17, 15) is 0 Å². The number of benzene rings is 1. The van der Waals surface area contributed by atoms with Crippen LogP contribution in [0.3, 0.4) is 0 Å². The molecule has 0 unspecified atom stereocenters. The molecule has 0 saturated carbocycles. The molecule has 0 spiro atoms. The van der Waals surface area contributed by atoms with E-state index in [2.05, 4.69) is 82.8 Å². The van der Waals surface area contributed by atoms with Gasteiger partial charge < -0.3 is 4.42 Å². The van der Waals surface area contributed by atoms with Crippen LogP contribution in [-0.2, 0) is 19.9 Å². The minimum atomic E-state index is 0.624. The van der Waals surface area contributed by atoms with Gasteiger partial charge in [0.25, 0.3) is 0 Å². The molecule has 3 heteroatoms. The molecule has 0 atom stereocenters. The number of aromatic nitrogens is 2. The van der Waals surface area contributed by atoms with E-state index in [-0.39, 0.29) is 0 Å². The van der Waals surface area contributed by atoms with Crippen LogP contribution in [-0.4, -0.2) is 4.98 Å². The lowest BCUT2D eigenvalue weighted by atomic mass is 9.95. The highest BCUT2D eigenvalue weighted by Gasteiger charge is 2.22. The average Bonchev–Trinajstić information content (AvgIpc) is 3.01. The minimum Gasteiger partial charge on any atom is -0.437 e. The summed E-state index contributed by atoms with van der Waals surface area (Å²) in [6.07, 6.45) is 4.22. The van der Waals surface area contributed by atoms with Crippen LogP contribution in [0.5, 0.6) is 0 Å². The van der Waals surface area contributed by atoms with E-state index >= 15 is 0 Å². The Morgan fingerprint density at radius 3 is 2.50 bits per heavy atom. The molecule has 4 aromatic rings. The first-order valence-electron chi connectivity index (χ1n) is 10.2. The summed E-state index contributed by atoms with van der Waals surface area (Å²) in [5.41, 5.74) is 9.05. The Balaban J connectivity index is 2.02. The lowest BCUT2D eigenvalue weighted by molar-refractivity contribution is -0.660. The highest BCUT2D eigenvalue weighted by Crippen LogP contribution is 2.36. The first-order valence-corrected chi connectivity index (χ1v) is 10.2. The summed E-state index contributed by atoms with van der Waals surface area (Å²) in [5, 5.41) is 2.22. The Morgan fingerprint density at radius 1 is 1.04 bits per heavy atom. The number of nitrogens with zero attached hydrogens (tertiary/aromatic N) is 2. The van der Waals surface area contributed by atoms with Crippen LogP contribution < -0.4 is 4.57 Å². The highest BCUT2D eigenvalue weighted by molar-refractivity contribution is 6.08. The van der Waals surface area contributed by atoms with E-state index in [0.29, 0.717) is 5.92 Å². The molecule has 4 rings (SSSR count). The van der Waals surface area contributed by atoms with Crippen molar-refractivity contribution in [3.05, 3.63) is 58.9 Å². The summed E-state index contributed by atoms with van der Waals surface area (Å²) in [5.74, 6) is 0.624. The number of fused-ring (bicyclic) bond motifs is 3. The van der Waals surface area contributed by atoms with E-state index in [0.717, 1.165) is 40.6 Å². The molecule has 0 fully saturated rings. The van der Waals surface area contributed by atoms with Crippen molar-refractivity contribution in [1.29, 1.82) is 0 Å². The predicted octanol–water partition coefficient (Wildman–Crippen LogP) is 5.85. The number of hydrogen-bond donors (Lipinski definition) is 0. The fraction of sp³-hybridized carbons (Fsp3) is 0.360. The summed E-state index contributed by atoms with van der Waals surface area (Å²) in [6.45, 7) is 11.0. The molecule has 0 aliphatic heterocycles. The third-order valence-corrected chi connectivity index (χ3v) is 5.60. The van der Waals surface area contributed by atoms with Gasteiger partial charge in [0, 0.05) is 28.1 Å². The molecule has 0 radical (unpaired) electrons. The molecule has 0 aliphatic rings. The van der Waals surface area contributed by atoms with Gasteiger partial charge in [-0.25, -0.2) is 9.55 Å². The largest absolute Gasteiger partial charge is 0.437 e. The third-order valence-electron chi connectivity index (χ3n) is 5.60. The zero-order chi connectivity index (χ0) is 20.0. The lowest BCUT2D eigenvalue weighted by Gasteiger charge is -2.11. The Morgan fingerprint density at radius 2 is 1.79 bits per heavy atom. The highest BCUT2D eigenvalue weighted by atomic mass is 16.3. The summed E-state index contributed by atoms with van der Waals surface area (Å²) in [4.78, 5) is 4.72. The molecule has 3 aromatic heterocycles. The number of pyridine rings is 2. The smallest absolute Gasteiger partial charge is 0.227 e. The van der Waals surface area contributed by atoms with Crippen LogP contribution in [0.15, 0.2) is 40.9 Å². The number of furan rings is 1. The lowest BCUT2D eigenvalue weighted by Crippen LogP contribution is -2.32. The second kappa shape index (κ2) is 7.05. The Hall–Kier alpha value is -2.68. The molecular weight excluding hydrogens is 344 g/mol. The molecule has 0 aliphatic carbocycles. The van der Waals surface area contributed by atoms with Crippen molar-refractivity contribution in [3.8, 4) is 11.3 Å². The van der Waals surface area contributed by atoms with E-state index in [1.807, 2.05) is 0 Å². The van der Waals surface area contributed by atoms with Crippen LogP contribution in [0.25, 0.3) is 33.3 Å². The first-order chi connectivity index (χ1) is 13.4. The average molecular weight is 374 g/mol. The normalized spacial score (nSPS) is 11.8. The van der Waals surface area contributed by atoms with Crippen LogP contribution in [0.1, 0.15) is 43.2 Å². The second-order valence-electron chi connectivity index (χ2n) is 8.32. The van der Waals surface area contributed by atoms with Crippen LogP contribution in [0.4, 0.5) is 0 Å². The molecule has 0 saturated heterocycles. The van der Waals surface area contributed by atoms with Gasteiger partial charge in [-0.3, -0.25) is 0 Å². The fourth-order valence-corrected chi connectivity index (χ4v) is 4.10. The van der Waals surface area contributed by atoms with E-state index in [4.69, 9.17) is 9.40 Å². The molecule has 28 heavy (non-hydrogen) atoms. The summed E-state index contributed by atoms with van der Waals surface area (Å²) >= 11 is 0. The van der Waals surface area contributed by atoms with Gasteiger partial charge in [-0.15, -0.1) is 0 Å². The van der Waals surface area contributed by atoms with Crippen molar-refractivity contribution in [2.75, 3.05) is 0 Å². The monoisotopic (exact) mass is 373 g/mol. The van der Waals surface area contributed by atoms with Gasteiger partial charge in [-0.05, 0) is 55.9 Å². The zero-order valence-electron chi connectivity index (χ0n) is 17.8. The SMILES string of the molecule is CCc1ccc2c(n1)oc1c(-c3cc(CC(C)C)c(C)c[n+]3C)c(C)ccc12. The molecule has 0 N–H and O–H groups in total. The maximum Gasteiger partial charge on any atom is 0.227 e. The van der Waals surface area contributed by atoms with Crippen molar-refractivity contribution < 1.29 is 8.98 Å². The van der Waals surface area contributed by atoms with Crippen molar-refractivity contribution in [2.45, 2.75) is 47.5 Å². The van der Waals surface area contributed by atoms with Gasteiger partial charge in [0.2, 0.25) is 11.4 Å². The first kappa shape index (κ1) is 18.7. The number of rotatable bonds is 4. The van der Waals surface area contributed by atoms with Crippen molar-refractivity contribution in [2.24, 2.45) is 13.0 Å².